The summed E-state index contributed by atoms with van der Waals surface area (Å²) in [7, 11) is 0. The van der Waals surface area contributed by atoms with E-state index in [1.54, 1.807) is 6.33 Å². The first-order valence-electron chi connectivity index (χ1n) is 8.42. The zero-order valence-corrected chi connectivity index (χ0v) is 15.8. The van der Waals surface area contributed by atoms with Gasteiger partial charge in [-0.15, -0.1) is 0 Å². The minimum Gasteiger partial charge on any atom is -0.481 e. The SMILES string of the molecule is Cc1cccc([C@H](C)c2c[nH]cn2)c1C.O=C(O)CC(O)(CC(=O)O)C(=O)O. The zero-order chi connectivity index (χ0) is 21.5. The van der Waals surface area contributed by atoms with Crippen molar-refractivity contribution in [3.05, 3.63) is 53.1 Å². The molecule has 1 atom stereocenters. The molecule has 9 heteroatoms. The van der Waals surface area contributed by atoms with Crippen LogP contribution in [0.2, 0.25) is 0 Å². The summed E-state index contributed by atoms with van der Waals surface area (Å²) in [4.78, 5) is 37.8. The van der Waals surface area contributed by atoms with Crippen LogP contribution < -0.4 is 0 Å². The van der Waals surface area contributed by atoms with Gasteiger partial charge in [0.05, 0.1) is 24.9 Å². The molecule has 5 N–H and O–H groups in total. The van der Waals surface area contributed by atoms with Crippen LogP contribution in [0.25, 0.3) is 0 Å². The second-order valence-electron chi connectivity index (χ2n) is 6.48. The van der Waals surface area contributed by atoms with Crippen LogP contribution in [0.15, 0.2) is 30.7 Å². The topological polar surface area (TPSA) is 161 Å². The van der Waals surface area contributed by atoms with E-state index in [4.69, 9.17) is 20.4 Å². The van der Waals surface area contributed by atoms with Gasteiger partial charge in [0.2, 0.25) is 0 Å². The molecule has 0 aliphatic heterocycles. The lowest BCUT2D eigenvalue weighted by Crippen LogP contribution is -2.42. The number of carboxylic acid groups (broad SMARTS) is 3. The van der Waals surface area contributed by atoms with E-state index in [-0.39, 0.29) is 0 Å². The van der Waals surface area contributed by atoms with Gasteiger partial charge in [0.15, 0.2) is 5.60 Å². The van der Waals surface area contributed by atoms with Crippen molar-refractivity contribution in [2.24, 2.45) is 0 Å². The molecule has 0 bridgehead atoms. The Morgan fingerprint density at radius 3 is 2.11 bits per heavy atom. The molecular formula is C19H24N2O7. The molecular weight excluding hydrogens is 368 g/mol. The number of aromatic nitrogens is 2. The fourth-order valence-corrected chi connectivity index (χ4v) is 2.62. The highest BCUT2D eigenvalue weighted by molar-refractivity contribution is 5.88. The van der Waals surface area contributed by atoms with E-state index in [0.717, 1.165) is 5.69 Å². The van der Waals surface area contributed by atoms with Gasteiger partial charge >= 0.3 is 17.9 Å². The van der Waals surface area contributed by atoms with Crippen LogP contribution in [0.5, 0.6) is 0 Å². The lowest BCUT2D eigenvalue weighted by molar-refractivity contribution is -0.170. The molecule has 9 nitrogen and oxygen atoms in total. The van der Waals surface area contributed by atoms with Crippen LogP contribution in [0.4, 0.5) is 0 Å². The molecule has 1 aromatic heterocycles. The maximum atomic E-state index is 10.3. The highest BCUT2D eigenvalue weighted by atomic mass is 16.4. The number of imidazole rings is 1. The molecule has 1 aromatic carbocycles. The number of carbonyl (C=O) groups is 3. The van der Waals surface area contributed by atoms with Crippen molar-refractivity contribution in [3.63, 3.8) is 0 Å². The fourth-order valence-electron chi connectivity index (χ4n) is 2.62. The summed E-state index contributed by atoms with van der Waals surface area (Å²) in [6, 6.07) is 6.44. The summed E-state index contributed by atoms with van der Waals surface area (Å²) in [6.07, 6.45) is 1.41. The van der Waals surface area contributed by atoms with E-state index in [9.17, 15) is 14.4 Å². The zero-order valence-electron chi connectivity index (χ0n) is 15.8. The Hall–Kier alpha value is -3.20. The predicted molar refractivity (Wildman–Crippen MR) is 99.1 cm³/mol. The van der Waals surface area contributed by atoms with E-state index in [1.165, 1.54) is 16.7 Å². The normalized spacial score (nSPS) is 11.9. The van der Waals surface area contributed by atoms with E-state index in [1.807, 2.05) is 6.20 Å². The molecule has 2 rings (SSSR count). The van der Waals surface area contributed by atoms with Crippen LogP contribution in [-0.2, 0) is 14.4 Å². The number of H-pyrrole nitrogens is 1. The second-order valence-corrected chi connectivity index (χ2v) is 6.48. The predicted octanol–water partition coefficient (Wildman–Crippen LogP) is 1.93. The van der Waals surface area contributed by atoms with Crippen LogP contribution in [0, 0.1) is 13.8 Å². The third-order valence-corrected chi connectivity index (χ3v) is 4.36. The number of benzene rings is 1. The Morgan fingerprint density at radius 2 is 1.68 bits per heavy atom. The van der Waals surface area contributed by atoms with Crippen LogP contribution >= 0.6 is 0 Å². The number of aromatic amines is 1. The first-order valence-corrected chi connectivity index (χ1v) is 8.42. The molecule has 0 aliphatic rings. The third-order valence-electron chi connectivity index (χ3n) is 4.36. The first-order chi connectivity index (χ1) is 13.0. The number of nitrogens with one attached hydrogen (secondary N) is 1. The quantitative estimate of drug-likeness (QED) is 0.477. The molecule has 0 saturated carbocycles. The maximum absolute atomic E-state index is 10.3. The highest BCUT2D eigenvalue weighted by Crippen LogP contribution is 2.26. The van der Waals surface area contributed by atoms with Gasteiger partial charge in [-0.05, 0) is 30.5 Å². The van der Waals surface area contributed by atoms with E-state index in [2.05, 4.69) is 48.9 Å². The molecule has 28 heavy (non-hydrogen) atoms. The number of aliphatic hydroxyl groups is 1. The van der Waals surface area contributed by atoms with Crippen LogP contribution in [0.3, 0.4) is 0 Å². The molecule has 0 fully saturated rings. The smallest absolute Gasteiger partial charge is 0.336 e. The van der Waals surface area contributed by atoms with Crippen molar-refractivity contribution in [2.75, 3.05) is 0 Å². The largest absolute Gasteiger partial charge is 0.481 e. The fraction of sp³-hybridized carbons (Fsp3) is 0.368. The molecule has 152 valence electrons. The van der Waals surface area contributed by atoms with Crippen molar-refractivity contribution in [1.29, 1.82) is 0 Å². The Kier molecular flexibility index (Phi) is 7.87. The van der Waals surface area contributed by atoms with Crippen molar-refractivity contribution in [2.45, 2.75) is 45.1 Å². The summed E-state index contributed by atoms with van der Waals surface area (Å²) < 4.78 is 0. The number of hydrogen-bond acceptors (Lipinski definition) is 5. The van der Waals surface area contributed by atoms with Crippen LogP contribution in [0.1, 0.15) is 48.1 Å². The van der Waals surface area contributed by atoms with Crippen molar-refractivity contribution in [3.8, 4) is 0 Å². The Bertz CT molecular complexity index is 815. The Labute approximate surface area is 161 Å². The minimum absolute atomic E-state index is 0.358. The third kappa shape index (κ3) is 6.20. The van der Waals surface area contributed by atoms with Crippen molar-refractivity contribution in [1.82, 2.24) is 9.97 Å². The molecule has 0 unspecified atom stereocenters. The summed E-state index contributed by atoms with van der Waals surface area (Å²) in [6.45, 7) is 6.52. The van der Waals surface area contributed by atoms with Crippen LogP contribution in [-0.4, -0.2) is 53.9 Å². The second kappa shape index (κ2) is 9.65. The molecule has 0 aliphatic carbocycles. The van der Waals surface area contributed by atoms with Crippen molar-refractivity contribution < 1.29 is 34.8 Å². The average Bonchev–Trinajstić information content (AvgIpc) is 3.10. The van der Waals surface area contributed by atoms with E-state index >= 15 is 0 Å². The van der Waals surface area contributed by atoms with Gasteiger partial charge in [-0.3, -0.25) is 9.59 Å². The summed E-state index contributed by atoms with van der Waals surface area (Å²) in [5.74, 6) is -4.66. The highest BCUT2D eigenvalue weighted by Gasteiger charge is 2.40. The number of nitrogens with zero attached hydrogens (tertiary/aromatic N) is 1. The molecule has 0 amide bonds. The number of aliphatic carboxylic acids is 3. The minimum atomic E-state index is -2.74. The lowest BCUT2D eigenvalue weighted by atomic mass is 9.92. The molecule has 1 heterocycles. The molecule has 0 spiro atoms. The first kappa shape index (κ1) is 22.8. The van der Waals surface area contributed by atoms with E-state index < -0.39 is 36.4 Å². The van der Waals surface area contributed by atoms with Crippen molar-refractivity contribution >= 4 is 17.9 Å². The Balaban J connectivity index is 0.000000284. The Morgan fingerprint density at radius 1 is 1.11 bits per heavy atom. The number of rotatable bonds is 7. The van der Waals surface area contributed by atoms with Gasteiger partial charge in [-0.25, -0.2) is 9.78 Å². The van der Waals surface area contributed by atoms with E-state index in [0.29, 0.717) is 5.92 Å². The summed E-state index contributed by atoms with van der Waals surface area (Å²) in [5.41, 5.74) is 2.44. The maximum Gasteiger partial charge on any atom is 0.336 e. The number of hydrogen-bond donors (Lipinski definition) is 5. The lowest BCUT2D eigenvalue weighted by Gasteiger charge is -2.18. The summed E-state index contributed by atoms with van der Waals surface area (Å²) in [5, 5.41) is 33.8. The summed E-state index contributed by atoms with van der Waals surface area (Å²) >= 11 is 0. The standard InChI is InChI=1S/C13H16N2.C6H8O7/c1-9-5-4-6-12(10(9)2)11(3)13-7-14-8-15-13;7-3(8)1-6(13,5(11)12)2-4(9)10/h4-8,11H,1-3H3,(H,14,15);13H,1-2H2,(H,7,8)(H,9,10)(H,11,12)/t11-;/m0./s1. The van der Waals surface area contributed by atoms with Gasteiger partial charge in [0, 0.05) is 12.1 Å². The molecule has 0 radical (unpaired) electrons. The average molecular weight is 392 g/mol. The number of carboxylic acids is 3. The molecule has 2 aromatic rings. The van der Waals surface area contributed by atoms with Gasteiger partial charge in [0.25, 0.3) is 0 Å². The van der Waals surface area contributed by atoms with Gasteiger partial charge in [-0.2, -0.15) is 0 Å². The van der Waals surface area contributed by atoms with Gasteiger partial charge in [-0.1, -0.05) is 25.1 Å². The van der Waals surface area contributed by atoms with Gasteiger partial charge < -0.3 is 25.4 Å². The number of aryl methyl sites for hydroxylation is 1. The monoisotopic (exact) mass is 392 g/mol. The van der Waals surface area contributed by atoms with Gasteiger partial charge in [0.1, 0.15) is 0 Å². The molecule has 0 saturated heterocycles.